The fourth-order valence-corrected chi connectivity index (χ4v) is 1.87. The summed E-state index contributed by atoms with van der Waals surface area (Å²) in [6.07, 6.45) is 2.65. The highest BCUT2D eigenvalue weighted by molar-refractivity contribution is 6.43. The highest BCUT2D eigenvalue weighted by atomic mass is 16.4. The number of hydrogen-bond acceptors (Lipinski definition) is 3. The van der Waals surface area contributed by atoms with Crippen LogP contribution in [-0.4, -0.2) is 29.0 Å². The molecule has 19 heavy (non-hydrogen) atoms. The monoisotopic (exact) mass is 263 g/mol. The fourth-order valence-electron chi connectivity index (χ4n) is 1.87. The standard InChI is InChI=1S/C14H22BNO3/c1-3-4-5-13(15(18)19)16-14(17)10-12-8-6-11(2)7-9-12/h6-9,13,18-19H,3-5,10H2,1-2H3,(H,16,17)/t13-/m0/s1. The summed E-state index contributed by atoms with van der Waals surface area (Å²) in [6, 6.07) is 7.73. The van der Waals surface area contributed by atoms with Crippen LogP contribution in [-0.2, 0) is 11.2 Å². The molecule has 104 valence electrons. The Bertz CT molecular complexity index is 392. The molecule has 0 aliphatic heterocycles. The van der Waals surface area contributed by atoms with E-state index in [0.717, 1.165) is 24.0 Å². The summed E-state index contributed by atoms with van der Waals surface area (Å²) in [5.74, 6) is -0.768. The van der Waals surface area contributed by atoms with Gasteiger partial charge in [-0.25, -0.2) is 0 Å². The number of unbranched alkanes of at least 4 members (excludes halogenated alkanes) is 1. The van der Waals surface area contributed by atoms with Crippen LogP contribution in [0.4, 0.5) is 0 Å². The Hall–Kier alpha value is -1.33. The molecule has 0 aliphatic rings. The number of aryl methyl sites for hydroxylation is 1. The Morgan fingerprint density at radius 3 is 2.47 bits per heavy atom. The van der Waals surface area contributed by atoms with Gasteiger partial charge in [-0.05, 0) is 18.9 Å². The summed E-state index contributed by atoms with van der Waals surface area (Å²) in [4.78, 5) is 11.8. The van der Waals surface area contributed by atoms with E-state index in [1.807, 2.05) is 38.1 Å². The van der Waals surface area contributed by atoms with Crippen LogP contribution in [0.25, 0.3) is 0 Å². The van der Waals surface area contributed by atoms with Gasteiger partial charge in [0.25, 0.3) is 0 Å². The van der Waals surface area contributed by atoms with Crippen molar-refractivity contribution in [2.75, 3.05) is 0 Å². The molecule has 0 bridgehead atoms. The van der Waals surface area contributed by atoms with Crippen LogP contribution in [0.3, 0.4) is 0 Å². The van der Waals surface area contributed by atoms with E-state index in [1.165, 1.54) is 0 Å². The summed E-state index contributed by atoms with van der Waals surface area (Å²) in [6.45, 7) is 4.02. The summed E-state index contributed by atoms with van der Waals surface area (Å²) in [5, 5.41) is 21.1. The molecule has 0 aromatic heterocycles. The molecular formula is C14H22BNO3. The molecule has 0 fully saturated rings. The second-order valence-corrected chi connectivity index (χ2v) is 4.89. The first-order valence-corrected chi connectivity index (χ1v) is 6.74. The molecule has 1 amide bonds. The lowest BCUT2D eigenvalue weighted by Crippen LogP contribution is -2.46. The summed E-state index contributed by atoms with van der Waals surface area (Å²) < 4.78 is 0. The van der Waals surface area contributed by atoms with Crippen LogP contribution in [0.2, 0.25) is 0 Å². The third-order valence-electron chi connectivity index (χ3n) is 3.06. The van der Waals surface area contributed by atoms with Crippen molar-refractivity contribution in [3.05, 3.63) is 35.4 Å². The molecule has 1 aromatic carbocycles. The number of nitrogens with one attached hydrogen (secondary N) is 1. The van der Waals surface area contributed by atoms with Gasteiger partial charge in [-0.1, -0.05) is 49.6 Å². The van der Waals surface area contributed by atoms with E-state index in [-0.39, 0.29) is 12.3 Å². The van der Waals surface area contributed by atoms with Crippen molar-refractivity contribution in [3.8, 4) is 0 Å². The minimum atomic E-state index is -1.51. The minimum absolute atomic E-state index is 0.182. The lowest BCUT2D eigenvalue weighted by molar-refractivity contribution is -0.120. The Morgan fingerprint density at radius 1 is 1.32 bits per heavy atom. The van der Waals surface area contributed by atoms with Crippen LogP contribution < -0.4 is 5.32 Å². The maximum Gasteiger partial charge on any atom is 0.475 e. The summed E-state index contributed by atoms with van der Waals surface area (Å²) >= 11 is 0. The molecule has 0 heterocycles. The van der Waals surface area contributed by atoms with Crippen LogP contribution in [0, 0.1) is 6.92 Å². The predicted molar refractivity (Wildman–Crippen MR) is 76.5 cm³/mol. The van der Waals surface area contributed by atoms with Crippen molar-refractivity contribution in [1.29, 1.82) is 0 Å². The minimum Gasteiger partial charge on any atom is -0.426 e. The number of carbonyl (C=O) groups excluding carboxylic acids is 1. The van der Waals surface area contributed by atoms with Gasteiger partial charge < -0.3 is 15.4 Å². The van der Waals surface area contributed by atoms with Gasteiger partial charge in [0, 0.05) is 0 Å². The van der Waals surface area contributed by atoms with E-state index in [9.17, 15) is 14.8 Å². The average Bonchev–Trinajstić information content (AvgIpc) is 2.37. The smallest absolute Gasteiger partial charge is 0.426 e. The van der Waals surface area contributed by atoms with Gasteiger partial charge in [0.15, 0.2) is 0 Å². The molecule has 4 nitrogen and oxygen atoms in total. The quantitative estimate of drug-likeness (QED) is 0.648. The van der Waals surface area contributed by atoms with Gasteiger partial charge in [-0.15, -0.1) is 0 Å². The second kappa shape index (κ2) is 7.97. The molecule has 0 aliphatic carbocycles. The molecule has 1 aromatic rings. The largest absolute Gasteiger partial charge is 0.475 e. The third kappa shape index (κ3) is 5.90. The second-order valence-electron chi connectivity index (χ2n) is 4.89. The molecule has 3 N–H and O–H groups in total. The van der Waals surface area contributed by atoms with Crippen molar-refractivity contribution in [1.82, 2.24) is 5.32 Å². The highest BCUT2D eigenvalue weighted by Crippen LogP contribution is 2.06. The molecule has 0 radical (unpaired) electrons. The predicted octanol–water partition coefficient (Wildman–Crippen LogP) is 1.22. The van der Waals surface area contributed by atoms with E-state index in [1.54, 1.807) is 0 Å². The zero-order valence-corrected chi connectivity index (χ0v) is 11.6. The number of amides is 1. The average molecular weight is 263 g/mol. The van der Waals surface area contributed by atoms with E-state index >= 15 is 0 Å². The molecular weight excluding hydrogens is 241 g/mol. The molecule has 0 saturated heterocycles. The molecule has 5 heteroatoms. The van der Waals surface area contributed by atoms with Crippen molar-refractivity contribution in [2.45, 2.75) is 45.5 Å². The van der Waals surface area contributed by atoms with Crippen molar-refractivity contribution < 1.29 is 14.8 Å². The first kappa shape index (κ1) is 15.7. The number of benzene rings is 1. The van der Waals surface area contributed by atoms with Crippen LogP contribution in [0.5, 0.6) is 0 Å². The summed E-state index contributed by atoms with van der Waals surface area (Å²) in [7, 11) is -1.51. The highest BCUT2D eigenvalue weighted by Gasteiger charge is 2.24. The van der Waals surface area contributed by atoms with Crippen molar-refractivity contribution in [2.24, 2.45) is 0 Å². The van der Waals surface area contributed by atoms with Gasteiger partial charge in [-0.2, -0.15) is 0 Å². The van der Waals surface area contributed by atoms with Crippen molar-refractivity contribution in [3.63, 3.8) is 0 Å². The first-order valence-electron chi connectivity index (χ1n) is 6.74. The zero-order valence-electron chi connectivity index (χ0n) is 11.6. The Kier molecular flexibility index (Phi) is 6.60. The molecule has 0 saturated carbocycles. The van der Waals surface area contributed by atoms with Crippen LogP contribution in [0.1, 0.15) is 37.3 Å². The third-order valence-corrected chi connectivity index (χ3v) is 3.06. The van der Waals surface area contributed by atoms with Crippen LogP contribution in [0.15, 0.2) is 24.3 Å². The van der Waals surface area contributed by atoms with Gasteiger partial charge in [0.2, 0.25) is 5.91 Å². The Balaban J connectivity index is 2.50. The van der Waals surface area contributed by atoms with E-state index in [0.29, 0.717) is 6.42 Å². The molecule has 1 atom stereocenters. The number of rotatable bonds is 7. The van der Waals surface area contributed by atoms with E-state index in [2.05, 4.69) is 5.32 Å². The van der Waals surface area contributed by atoms with Crippen LogP contribution >= 0.6 is 0 Å². The SMILES string of the molecule is CCCC[C@H](NC(=O)Cc1ccc(C)cc1)B(O)O. The fraction of sp³-hybridized carbons (Fsp3) is 0.500. The van der Waals surface area contributed by atoms with Gasteiger partial charge >= 0.3 is 7.12 Å². The number of hydrogen-bond donors (Lipinski definition) is 3. The molecule has 0 unspecified atom stereocenters. The summed E-state index contributed by atoms with van der Waals surface area (Å²) in [5.41, 5.74) is 2.07. The maximum atomic E-state index is 11.8. The normalized spacial score (nSPS) is 12.0. The van der Waals surface area contributed by atoms with E-state index < -0.39 is 13.1 Å². The zero-order chi connectivity index (χ0) is 14.3. The van der Waals surface area contributed by atoms with E-state index in [4.69, 9.17) is 0 Å². The van der Waals surface area contributed by atoms with Gasteiger partial charge in [0.05, 0.1) is 12.4 Å². The van der Waals surface area contributed by atoms with Crippen molar-refractivity contribution >= 4 is 13.0 Å². The molecule has 0 spiro atoms. The van der Waals surface area contributed by atoms with Gasteiger partial charge in [0.1, 0.15) is 0 Å². The maximum absolute atomic E-state index is 11.8. The molecule has 1 rings (SSSR count). The first-order chi connectivity index (χ1) is 9.02. The topological polar surface area (TPSA) is 69.6 Å². The lowest BCUT2D eigenvalue weighted by atomic mass is 9.76. The Labute approximate surface area is 115 Å². The van der Waals surface area contributed by atoms with Gasteiger partial charge in [-0.3, -0.25) is 4.79 Å². The Morgan fingerprint density at radius 2 is 1.95 bits per heavy atom. The lowest BCUT2D eigenvalue weighted by Gasteiger charge is -2.17. The number of carbonyl (C=O) groups is 1.